The molecule has 3 N–H and O–H groups in total. The fourth-order valence-electron chi connectivity index (χ4n) is 3.94. The summed E-state index contributed by atoms with van der Waals surface area (Å²) in [5.74, 6) is -2.23. The van der Waals surface area contributed by atoms with E-state index in [0.717, 1.165) is 0 Å². The van der Waals surface area contributed by atoms with E-state index in [1.54, 1.807) is 68.5 Å². The predicted octanol–water partition coefficient (Wildman–Crippen LogP) is 3.31. The van der Waals surface area contributed by atoms with Crippen LogP contribution in [0.2, 0.25) is 0 Å². The molecule has 0 aliphatic rings. The molecule has 0 aliphatic carbocycles. The molecule has 0 unspecified atom stereocenters. The average Bonchev–Trinajstić information content (AvgIpc) is 3.32. The van der Waals surface area contributed by atoms with Crippen molar-refractivity contribution in [3.05, 3.63) is 11.9 Å². The summed E-state index contributed by atoms with van der Waals surface area (Å²) in [5, 5.41) is 15.7. The summed E-state index contributed by atoms with van der Waals surface area (Å²) in [5.41, 5.74) is -1.77. The molecule has 0 bridgehead atoms. The zero-order chi connectivity index (χ0) is 35.1. The number of amides is 3. The van der Waals surface area contributed by atoms with Crippen molar-refractivity contribution in [2.24, 2.45) is 0 Å². The van der Waals surface area contributed by atoms with Crippen molar-refractivity contribution in [3.63, 3.8) is 0 Å². The molecule has 1 aromatic rings. The first-order valence-electron chi connectivity index (χ1n) is 15.6. The molecule has 0 aliphatic heterocycles. The maximum Gasteiger partial charge on any atom is 0.329 e. The van der Waals surface area contributed by atoms with Gasteiger partial charge in [0.05, 0.1) is 12.4 Å². The third-order valence-electron chi connectivity index (χ3n) is 5.75. The highest BCUT2D eigenvalue weighted by Gasteiger charge is 2.31. The summed E-state index contributed by atoms with van der Waals surface area (Å²) in [6.07, 6.45) is 3.26. The summed E-state index contributed by atoms with van der Waals surface area (Å²) in [6, 6.07) is -3.06. The van der Waals surface area contributed by atoms with Crippen molar-refractivity contribution >= 4 is 29.8 Å². The van der Waals surface area contributed by atoms with Gasteiger partial charge in [0, 0.05) is 19.2 Å². The minimum Gasteiger partial charge on any atom is -0.460 e. The molecule has 262 valence electrons. The van der Waals surface area contributed by atoms with Gasteiger partial charge in [-0.15, -0.1) is 5.10 Å². The Bertz CT molecular complexity index is 1150. The van der Waals surface area contributed by atoms with Gasteiger partial charge in [-0.05, 0) is 101 Å². The Morgan fingerprint density at radius 1 is 0.804 bits per heavy atom. The van der Waals surface area contributed by atoms with E-state index in [1.165, 1.54) is 4.68 Å². The van der Waals surface area contributed by atoms with E-state index in [4.69, 9.17) is 14.2 Å². The second-order valence-corrected chi connectivity index (χ2v) is 14.0. The van der Waals surface area contributed by atoms with Gasteiger partial charge in [-0.3, -0.25) is 14.0 Å². The van der Waals surface area contributed by atoms with Crippen molar-refractivity contribution in [3.8, 4) is 0 Å². The van der Waals surface area contributed by atoms with Crippen LogP contribution in [0.5, 0.6) is 0 Å². The number of esters is 3. The van der Waals surface area contributed by atoms with Crippen molar-refractivity contribution in [1.82, 2.24) is 30.9 Å². The van der Waals surface area contributed by atoms with Crippen LogP contribution in [0.25, 0.3) is 0 Å². The largest absolute Gasteiger partial charge is 0.460 e. The SMILES string of the molecule is CC(C)(C)OC(=O)CC[C@H](NC(=O)N[C@@H](CCCCNC(=O)Cn1cc(CCCF)nn1)C(=O)OC(C)(C)C)C(=O)OC(C)(C)C. The van der Waals surface area contributed by atoms with Gasteiger partial charge >= 0.3 is 23.9 Å². The van der Waals surface area contributed by atoms with E-state index in [0.29, 0.717) is 37.9 Å². The average molecular weight is 657 g/mol. The van der Waals surface area contributed by atoms with Gasteiger partial charge in [-0.1, -0.05) is 5.21 Å². The number of halogens is 1. The number of carbonyl (C=O) groups is 5. The lowest BCUT2D eigenvalue weighted by Gasteiger charge is -2.27. The van der Waals surface area contributed by atoms with Crippen LogP contribution in [0.1, 0.15) is 107 Å². The number of nitrogens with one attached hydrogen (secondary N) is 3. The number of nitrogens with zero attached hydrogens (tertiary/aromatic N) is 3. The Labute approximate surface area is 271 Å². The molecule has 0 radical (unpaired) electrons. The number of ether oxygens (including phenoxy) is 3. The number of aryl methyl sites for hydroxylation is 1. The zero-order valence-corrected chi connectivity index (χ0v) is 28.8. The number of urea groups is 1. The van der Waals surface area contributed by atoms with Crippen molar-refractivity contribution in [2.45, 2.75) is 143 Å². The van der Waals surface area contributed by atoms with Gasteiger partial charge in [0.1, 0.15) is 35.4 Å². The molecule has 15 heteroatoms. The summed E-state index contributed by atoms with van der Waals surface area (Å²) in [6.45, 7) is 15.1. The molecule has 0 saturated heterocycles. The van der Waals surface area contributed by atoms with Crippen LogP contribution < -0.4 is 16.0 Å². The van der Waals surface area contributed by atoms with E-state index in [9.17, 15) is 28.4 Å². The monoisotopic (exact) mass is 656 g/mol. The Kier molecular flexibility index (Phi) is 16.1. The van der Waals surface area contributed by atoms with Crippen LogP contribution in [-0.4, -0.2) is 86.9 Å². The van der Waals surface area contributed by atoms with Crippen LogP contribution in [-0.2, 0) is 46.4 Å². The fourth-order valence-corrected chi connectivity index (χ4v) is 3.94. The van der Waals surface area contributed by atoms with Crippen LogP contribution >= 0.6 is 0 Å². The molecule has 0 fully saturated rings. The number of hydrogen-bond acceptors (Lipinski definition) is 10. The molecule has 1 aromatic heterocycles. The fraction of sp³-hybridized carbons (Fsp3) is 0.774. The maximum absolute atomic E-state index is 13.0. The maximum atomic E-state index is 13.0. The molecule has 1 heterocycles. The molecule has 1 rings (SSSR count). The first-order chi connectivity index (χ1) is 21.2. The van der Waals surface area contributed by atoms with Gasteiger partial charge < -0.3 is 30.2 Å². The van der Waals surface area contributed by atoms with Crippen molar-refractivity contribution < 1.29 is 42.6 Å². The highest BCUT2D eigenvalue weighted by atomic mass is 19.1. The summed E-state index contributed by atoms with van der Waals surface area (Å²) >= 11 is 0. The van der Waals surface area contributed by atoms with E-state index in [1.807, 2.05) is 0 Å². The second-order valence-electron chi connectivity index (χ2n) is 14.0. The van der Waals surface area contributed by atoms with Crippen LogP contribution in [0.3, 0.4) is 0 Å². The number of unbranched alkanes of at least 4 members (excludes halogenated alkanes) is 1. The Morgan fingerprint density at radius 2 is 1.35 bits per heavy atom. The number of carbonyl (C=O) groups excluding carboxylic acids is 5. The summed E-state index contributed by atoms with van der Waals surface area (Å²) in [4.78, 5) is 63.5. The lowest BCUT2D eigenvalue weighted by atomic mass is 10.1. The van der Waals surface area contributed by atoms with E-state index in [2.05, 4.69) is 26.3 Å². The molecule has 46 heavy (non-hydrogen) atoms. The van der Waals surface area contributed by atoms with Gasteiger partial charge in [0.15, 0.2) is 0 Å². The number of rotatable bonds is 17. The Morgan fingerprint density at radius 3 is 1.87 bits per heavy atom. The first kappa shape index (κ1) is 40.2. The zero-order valence-electron chi connectivity index (χ0n) is 28.8. The van der Waals surface area contributed by atoms with Gasteiger partial charge in [-0.2, -0.15) is 0 Å². The smallest absolute Gasteiger partial charge is 0.329 e. The molecule has 2 atom stereocenters. The van der Waals surface area contributed by atoms with E-state index >= 15 is 0 Å². The highest BCUT2D eigenvalue weighted by Crippen LogP contribution is 2.15. The molecule has 0 aromatic carbocycles. The number of aromatic nitrogens is 3. The van der Waals surface area contributed by atoms with Crippen LogP contribution in [0, 0.1) is 0 Å². The van der Waals surface area contributed by atoms with Gasteiger partial charge in [0.25, 0.3) is 0 Å². The second kappa shape index (κ2) is 18.4. The third kappa shape index (κ3) is 18.9. The summed E-state index contributed by atoms with van der Waals surface area (Å²) < 4.78 is 30.0. The third-order valence-corrected chi connectivity index (χ3v) is 5.75. The molecule has 3 amide bonds. The molecular formula is C31H53FN6O8. The summed E-state index contributed by atoms with van der Waals surface area (Å²) in [7, 11) is 0. The topological polar surface area (TPSA) is 180 Å². The molecule has 0 spiro atoms. The molecule has 0 saturated carbocycles. The number of alkyl halides is 1. The van der Waals surface area contributed by atoms with E-state index in [-0.39, 0.29) is 31.7 Å². The molecule has 14 nitrogen and oxygen atoms in total. The molecular weight excluding hydrogens is 603 g/mol. The van der Waals surface area contributed by atoms with E-state index < -0.39 is 59.5 Å². The van der Waals surface area contributed by atoms with Crippen LogP contribution in [0.15, 0.2) is 6.20 Å². The lowest BCUT2D eigenvalue weighted by molar-refractivity contribution is -0.159. The first-order valence-corrected chi connectivity index (χ1v) is 15.6. The van der Waals surface area contributed by atoms with Crippen molar-refractivity contribution in [2.75, 3.05) is 13.2 Å². The number of hydrogen-bond donors (Lipinski definition) is 3. The highest BCUT2D eigenvalue weighted by molar-refractivity contribution is 5.87. The quantitative estimate of drug-likeness (QED) is 0.128. The van der Waals surface area contributed by atoms with Gasteiger partial charge in [-0.25, -0.2) is 19.1 Å². The predicted molar refractivity (Wildman–Crippen MR) is 167 cm³/mol. The lowest BCUT2D eigenvalue weighted by Crippen LogP contribution is -2.53. The van der Waals surface area contributed by atoms with Crippen LogP contribution in [0.4, 0.5) is 9.18 Å². The van der Waals surface area contributed by atoms with Crippen molar-refractivity contribution in [1.29, 1.82) is 0 Å². The minimum absolute atomic E-state index is 0.0440. The Hall–Kier alpha value is -3.78. The minimum atomic E-state index is -1.19. The normalized spacial score (nSPS) is 13.3. The van der Waals surface area contributed by atoms with Gasteiger partial charge in [0.2, 0.25) is 5.91 Å². The standard InChI is InChI=1S/C31H53FN6O8/c1-29(2,3)44-25(40)16-15-23(27(42)46-31(7,8)9)35-28(43)34-22(26(41)45-30(4,5)6)14-10-11-18-33-24(39)20-38-19-21(36-37-38)13-12-17-32/h19,22-23H,10-18,20H2,1-9H3,(H,33,39)(H2,34,35,43)/t22-,23-/m0/s1. The Balaban J connectivity index is 2.78.